The van der Waals surface area contributed by atoms with Crippen LogP contribution in [0.15, 0.2) is 0 Å². The summed E-state index contributed by atoms with van der Waals surface area (Å²) in [5.74, 6) is 3.52. The molecule has 0 unspecified atom stereocenters. The van der Waals surface area contributed by atoms with Crippen molar-refractivity contribution in [1.82, 2.24) is 10.2 Å². The molecule has 0 aromatic rings. The van der Waals surface area contributed by atoms with Crippen molar-refractivity contribution < 1.29 is 4.79 Å². The third kappa shape index (κ3) is 2.02. The number of nitrogens with zero attached hydrogens (tertiary/aromatic N) is 1. The molecule has 0 aromatic heterocycles. The number of nitrogens with one attached hydrogen (secondary N) is 1. The molecule has 102 valence electrons. The summed E-state index contributed by atoms with van der Waals surface area (Å²) < 4.78 is 0. The Balaban J connectivity index is 1.65. The fraction of sp³-hybridized carbons (Fsp3) is 0.933. The van der Waals surface area contributed by atoms with Crippen LogP contribution in [0, 0.1) is 23.7 Å². The maximum absolute atomic E-state index is 12.2. The van der Waals surface area contributed by atoms with Gasteiger partial charge in [0.15, 0.2) is 0 Å². The zero-order valence-electron chi connectivity index (χ0n) is 11.7. The van der Waals surface area contributed by atoms with Crippen LogP contribution in [-0.4, -0.2) is 30.1 Å². The third-order valence-corrected chi connectivity index (χ3v) is 5.57. The van der Waals surface area contributed by atoms with Crippen molar-refractivity contribution in [3.63, 3.8) is 0 Å². The molecule has 0 heterocycles. The van der Waals surface area contributed by atoms with Gasteiger partial charge in [-0.2, -0.15) is 0 Å². The monoisotopic (exact) mass is 250 g/mol. The molecule has 0 aliphatic heterocycles. The second-order valence-electron chi connectivity index (χ2n) is 6.58. The van der Waals surface area contributed by atoms with Gasteiger partial charge in [0.05, 0.1) is 0 Å². The van der Waals surface area contributed by atoms with Gasteiger partial charge >= 0.3 is 6.03 Å². The van der Waals surface area contributed by atoms with Crippen LogP contribution in [-0.2, 0) is 0 Å². The van der Waals surface area contributed by atoms with Crippen LogP contribution in [0.4, 0.5) is 4.79 Å². The molecule has 4 aliphatic rings. The Bertz CT molecular complexity index is 296. The zero-order valence-corrected chi connectivity index (χ0v) is 11.7. The quantitative estimate of drug-likeness (QED) is 0.820. The van der Waals surface area contributed by atoms with Gasteiger partial charge in [-0.25, -0.2) is 4.79 Å². The van der Waals surface area contributed by atoms with Crippen LogP contribution < -0.4 is 5.32 Å². The molecular formula is C15H26N2O. The molecule has 3 heteroatoms. The first kappa shape index (κ1) is 12.3. The minimum Gasteiger partial charge on any atom is -0.335 e. The highest BCUT2D eigenvalue weighted by Crippen LogP contribution is 2.53. The maximum Gasteiger partial charge on any atom is 0.317 e. The average Bonchev–Trinajstić information content (AvgIpc) is 2.34. The molecule has 2 amide bonds. The van der Waals surface area contributed by atoms with Gasteiger partial charge in [-0.1, -0.05) is 0 Å². The van der Waals surface area contributed by atoms with Gasteiger partial charge in [0.1, 0.15) is 0 Å². The van der Waals surface area contributed by atoms with E-state index in [1.54, 1.807) is 0 Å². The van der Waals surface area contributed by atoms with E-state index < -0.39 is 0 Å². The SMILES string of the molecule is CCN(CC)C(=O)NC1C2CC3CC(C2)CC1C3. The highest BCUT2D eigenvalue weighted by atomic mass is 16.2. The highest BCUT2D eigenvalue weighted by Gasteiger charge is 2.48. The highest BCUT2D eigenvalue weighted by molar-refractivity contribution is 5.74. The Kier molecular flexibility index (Phi) is 3.25. The summed E-state index contributed by atoms with van der Waals surface area (Å²) in [6.07, 6.45) is 6.96. The molecule has 4 bridgehead atoms. The number of hydrogen-bond acceptors (Lipinski definition) is 1. The molecule has 4 rings (SSSR count). The number of carbonyl (C=O) groups excluding carboxylic acids is 1. The molecule has 18 heavy (non-hydrogen) atoms. The summed E-state index contributed by atoms with van der Waals surface area (Å²) in [6.45, 7) is 5.74. The maximum atomic E-state index is 12.2. The van der Waals surface area contributed by atoms with Crippen LogP contribution in [0.5, 0.6) is 0 Å². The fourth-order valence-corrected chi connectivity index (χ4v) is 4.91. The van der Waals surface area contributed by atoms with Crippen molar-refractivity contribution in [2.45, 2.75) is 52.0 Å². The number of carbonyl (C=O) groups is 1. The second-order valence-corrected chi connectivity index (χ2v) is 6.58. The Hall–Kier alpha value is -0.730. The lowest BCUT2D eigenvalue weighted by molar-refractivity contribution is -0.0109. The Morgan fingerprint density at radius 2 is 1.50 bits per heavy atom. The van der Waals surface area contributed by atoms with Crippen LogP contribution in [0.2, 0.25) is 0 Å². The lowest BCUT2D eigenvalue weighted by Gasteiger charge is -2.54. The summed E-state index contributed by atoms with van der Waals surface area (Å²) in [5, 5.41) is 3.35. The molecule has 0 aromatic carbocycles. The topological polar surface area (TPSA) is 32.3 Å². The molecule has 4 saturated carbocycles. The van der Waals surface area contributed by atoms with Crippen LogP contribution in [0.1, 0.15) is 46.0 Å². The lowest BCUT2D eigenvalue weighted by atomic mass is 9.54. The zero-order chi connectivity index (χ0) is 12.7. The van der Waals surface area contributed by atoms with Gasteiger partial charge in [-0.15, -0.1) is 0 Å². The third-order valence-electron chi connectivity index (χ3n) is 5.57. The van der Waals surface area contributed by atoms with Gasteiger partial charge in [-0.05, 0) is 69.6 Å². The van der Waals surface area contributed by atoms with Gasteiger partial charge in [0.25, 0.3) is 0 Å². The molecular weight excluding hydrogens is 224 g/mol. The number of urea groups is 1. The van der Waals surface area contributed by atoms with Crippen molar-refractivity contribution in [1.29, 1.82) is 0 Å². The molecule has 3 nitrogen and oxygen atoms in total. The smallest absolute Gasteiger partial charge is 0.317 e. The molecule has 0 saturated heterocycles. The predicted molar refractivity (Wildman–Crippen MR) is 72.3 cm³/mol. The van der Waals surface area contributed by atoms with Gasteiger partial charge < -0.3 is 10.2 Å². The Labute approximate surface area is 110 Å². The van der Waals surface area contributed by atoms with E-state index in [1.807, 2.05) is 4.90 Å². The summed E-state index contributed by atoms with van der Waals surface area (Å²) in [7, 11) is 0. The van der Waals surface area contributed by atoms with Gasteiger partial charge in [-0.3, -0.25) is 0 Å². The minimum atomic E-state index is 0.164. The molecule has 4 fully saturated rings. The van der Waals surface area contributed by atoms with E-state index in [-0.39, 0.29) is 6.03 Å². The van der Waals surface area contributed by atoms with E-state index in [0.29, 0.717) is 6.04 Å². The molecule has 1 N–H and O–H groups in total. The first-order valence-electron chi connectivity index (χ1n) is 7.76. The largest absolute Gasteiger partial charge is 0.335 e. The minimum absolute atomic E-state index is 0.164. The number of rotatable bonds is 3. The molecule has 0 spiro atoms. The van der Waals surface area contributed by atoms with Crippen molar-refractivity contribution >= 4 is 6.03 Å². The van der Waals surface area contributed by atoms with Gasteiger partial charge in [0.2, 0.25) is 0 Å². The van der Waals surface area contributed by atoms with E-state index in [0.717, 1.165) is 36.8 Å². The van der Waals surface area contributed by atoms with Crippen molar-refractivity contribution in [3.8, 4) is 0 Å². The van der Waals surface area contributed by atoms with Crippen molar-refractivity contribution in [3.05, 3.63) is 0 Å². The number of amides is 2. The molecule has 0 atom stereocenters. The molecule has 4 aliphatic carbocycles. The summed E-state index contributed by atoms with van der Waals surface area (Å²) in [5.41, 5.74) is 0. The van der Waals surface area contributed by atoms with Crippen LogP contribution in [0.25, 0.3) is 0 Å². The van der Waals surface area contributed by atoms with E-state index in [4.69, 9.17) is 0 Å². The van der Waals surface area contributed by atoms with Crippen molar-refractivity contribution in [2.24, 2.45) is 23.7 Å². The summed E-state index contributed by atoms with van der Waals surface area (Å²) >= 11 is 0. The summed E-state index contributed by atoms with van der Waals surface area (Å²) in [6, 6.07) is 0.642. The van der Waals surface area contributed by atoms with Crippen molar-refractivity contribution in [2.75, 3.05) is 13.1 Å². The van der Waals surface area contributed by atoms with E-state index >= 15 is 0 Å². The lowest BCUT2D eigenvalue weighted by Crippen LogP contribution is -2.57. The predicted octanol–water partition coefficient (Wildman–Crippen LogP) is 2.86. The number of hydrogen-bond donors (Lipinski definition) is 1. The van der Waals surface area contributed by atoms with Crippen LogP contribution in [0.3, 0.4) is 0 Å². The van der Waals surface area contributed by atoms with Crippen LogP contribution >= 0.6 is 0 Å². The first-order valence-corrected chi connectivity index (χ1v) is 7.76. The Morgan fingerprint density at radius 1 is 1.00 bits per heavy atom. The standard InChI is InChI=1S/C15H26N2O/c1-3-17(4-2)15(18)16-14-12-6-10-5-11(8-12)9-13(14)7-10/h10-14H,3-9H2,1-2H3,(H,16,18). The fourth-order valence-electron chi connectivity index (χ4n) is 4.91. The normalized spacial score (nSPS) is 40.9. The van der Waals surface area contributed by atoms with E-state index in [1.165, 1.54) is 32.1 Å². The first-order chi connectivity index (χ1) is 8.71. The molecule has 0 radical (unpaired) electrons. The summed E-state index contributed by atoms with van der Waals surface area (Å²) in [4.78, 5) is 14.1. The Morgan fingerprint density at radius 3 is 1.94 bits per heavy atom. The second kappa shape index (κ2) is 4.75. The van der Waals surface area contributed by atoms with Gasteiger partial charge in [0, 0.05) is 19.1 Å². The average molecular weight is 250 g/mol. The van der Waals surface area contributed by atoms with E-state index in [2.05, 4.69) is 19.2 Å². The van der Waals surface area contributed by atoms with E-state index in [9.17, 15) is 4.79 Å².